The Bertz CT molecular complexity index is 557. The molecule has 1 fully saturated rings. The zero-order chi connectivity index (χ0) is 18.2. The summed E-state index contributed by atoms with van der Waals surface area (Å²) in [5, 5.41) is 11.3. The summed E-state index contributed by atoms with van der Waals surface area (Å²) >= 11 is 0. The van der Waals surface area contributed by atoms with E-state index in [2.05, 4.69) is 48.3 Å². The molecule has 1 atom stereocenters. The Hall–Kier alpha value is -1.56. The van der Waals surface area contributed by atoms with Gasteiger partial charge in [-0.1, -0.05) is 13.3 Å². The second-order valence-electron chi connectivity index (χ2n) is 7.32. The highest BCUT2D eigenvalue weighted by atomic mass is 15.3. The number of aliphatic imine (C=N–C) groups is 1. The maximum atomic E-state index is 4.76. The Morgan fingerprint density at radius 1 is 1.20 bits per heavy atom. The third-order valence-electron chi connectivity index (χ3n) is 5.03. The molecule has 0 amide bonds. The smallest absolute Gasteiger partial charge is 0.191 e. The molecular weight excluding hydrogens is 312 g/mol. The molecule has 0 radical (unpaired) electrons. The number of hydrogen-bond acceptors (Lipinski definition) is 3. The molecule has 0 bridgehead atoms. The molecule has 25 heavy (non-hydrogen) atoms. The lowest BCUT2D eigenvalue weighted by Crippen LogP contribution is -2.42. The lowest BCUT2D eigenvalue weighted by atomic mass is 10.1. The van der Waals surface area contributed by atoms with Crippen LogP contribution >= 0.6 is 0 Å². The lowest BCUT2D eigenvalue weighted by Gasteiger charge is -2.29. The first-order chi connectivity index (χ1) is 12.0. The number of aryl methyl sites for hydroxylation is 2. The van der Waals surface area contributed by atoms with Crippen LogP contribution in [0.5, 0.6) is 0 Å². The largest absolute Gasteiger partial charge is 0.357 e. The fraction of sp³-hybridized carbons (Fsp3) is 0.789. The van der Waals surface area contributed by atoms with Crippen LogP contribution in [0.15, 0.2) is 4.99 Å². The maximum Gasteiger partial charge on any atom is 0.191 e. The minimum absolute atomic E-state index is 0.615. The molecule has 1 aromatic heterocycles. The van der Waals surface area contributed by atoms with Gasteiger partial charge in [0.1, 0.15) is 0 Å². The third-order valence-corrected chi connectivity index (χ3v) is 5.03. The van der Waals surface area contributed by atoms with E-state index in [9.17, 15) is 0 Å². The van der Waals surface area contributed by atoms with Gasteiger partial charge in [0.25, 0.3) is 0 Å². The Morgan fingerprint density at radius 2 is 1.92 bits per heavy atom. The number of piperidine rings is 1. The Balaban J connectivity index is 1.86. The van der Waals surface area contributed by atoms with E-state index in [-0.39, 0.29) is 0 Å². The molecule has 1 aliphatic rings. The first-order valence-corrected chi connectivity index (χ1v) is 9.74. The van der Waals surface area contributed by atoms with Crippen molar-refractivity contribution in [3.63, 3.8) is 0 Å². The third kappa shape index (κ3) is 6.03. The summed E-state index contributed by atoms with van der Waals surface area (Å²) in [6.45, 7) is 14.8. The van der Waals surface area contributed by atoms with Crippen molar-refractivity contribution in [2.24, 2.45) is 18.0 Å². The Morgan fingerprint density at radius 3 is 2.52 bits per heavy atom. The van der Waals surface area contributed by atoms with Gasteiger partial charge in [0, 0.05) is 37.9 Å². The van der Waals surface area contributed by atoms with Crippen LogP contribution in [0, 0.1) is 19.8 Å². The number of nitrogens with zero attached hydrogens (tertiary/aromatic N) is 4. The van der Waals surface area contributed by atoms with Gasteiger partial charge in [-0.15, -0.1) is 0 Å². The Labute approximate surface area is 153 Å². The van der Waals surface area contributed by atoms with Crippen molar-refractivity contribution in [3.8, 4) is 0 Å². The summed E-state index contributed by atoms with van der Waals surface area (Å²) in [4.78, 5) is 7.36. The molecule has 2 N–H and O–H groups in total. The van der Waals surface area contributed by atoms with E-state index in [0.29, 0.717) is 12.5 Å². The van der Waals surface area contributed by atoms with Gasteiger partial charge in [-0.05, 0) is 52.6 Å². The van der Waals surface area contributed by atoms with Gasteiger partial charge in [-0.3, -0.25) is 4.68 Å². The topological polar surface area (TPSA) is 57.5 Å². The van der Waals surface area contributed by atoms with E-state index in [4.69, 9.17) is 4.99 Å². The SMILES string of the molecule is CCNC(=NCc1c(C)nn(C)c1C)NCC(C)CN1CCCCC1. The maximum absolute atomic E-state index is 4.76. The van der Waals surface area contributed by atoms with E-state index in [0.717, 1.165) is 24.7 Å². The van der Waals surface area contributed by atoms with Crippen molar-refractivity contribution in [1.29, 1.82) is 0 Å². The van der Waals surface area contributed by atoms with E-state index in [1.807, 2.05) is 11.7 Å². The van der Waals surface area contributed by atoms with Crippen molar-refractivity contribution < 1.29 is 0 Å². The zero-order valence-corrected chi connectivity index (χ0v) is 16.7. The second-order valence-corrected chi connectivity index (χ2v) is 7.32. The molecule has 0 saturated carbocycles. The molecule has 1 unspecified atom stereocenters. The lowest BCUT2D eigenvalue weighted by molar-refractivity contribution is 0.201. The van der Waals surface area contributed by atoms with Crippen LogP contribution in [0.2, 0.25) is 0 Å². The molecule has 1 aromatic rings. The van der Waals surface area contributed by atoms with Gasteiger partial charge in [-0.2, -0.15) is 5.10 Å². The van der Waals surface area contributed by atoms with Gasteiger partial charge < -0.3 is 15.5 Å². The van der Waals surface area contributed by atoms with Crippen LogP contribution in [-0.4, -0.2) is 53.4 Å². The fourth-order valence-electron chi connectivity index (χ4n) is 3.46. The number of nitrogens with one attached hydrogen (secondary N) is 2. The van der Waals surface area contributed by atoms with Crippen LogP contribution in [0.25, 0.3) is 0 Å². The standard InChI is InChI=1S/C19H36N6/c1-6-20-19(22-13-18-16(3)23-24(5)17(18)4)21-12-15(2)14-25-10-8-7-9-11-25/h15H,6-14H2,1-5H3,(H2,20,21,22). The summed E-state index contributed by atoms with van der Waals surface area (Å²) in [6, 6.07) is 0. The molecule has 6 heteroatoms. The molecule has 0 aromatic carbocycles. The summed E-state index contributed by atoms with van der Waals surface area (Å²) in [6.07, 6.45) is 4.11. The van der Waals surface area contributed by atoms with Crippen molar-refractivity contribution in [2.45, 2.75) is 53.5 Å². The van der Waals surface area contributed by atoms with E-state index in [1.165, 1.54) is 50.2 Å². The molecule has 1 aliphatic heterocycles. The van der Waals surface area contributed by atoms with Crippen molar-refractivity contribution >= 4 is 5.96 Å². The van der Waals surface area contributed by atoms with Gasteiger partial charge in [0.15, 0.2) is 5.96 Å². The first kappa shape index (κ1) is 19.8. The van der Waals surface area contributed by atoms with E-state index < -0.39 is 0 Å². The molecule has 0 spiro atoms. The molecule has 1 saturated heterocycles. The molecular formula is C19H36N6. The van der Waals surface area contributed by atoms with Gasteiger partial charge >= 0.3 is 0 Å². The summed E-state index contributed by atoms with van der Waals surface area (Å²) in [5.41, 5.74) is 3.48. The van der Waals surface area contributed by atoms with Crippen LogP contribution in [0.3, 0.4) is 0 Å². The monoisotopic (exact) mass is 348 g/mol. The number of aromatic nitrogens is 2. The van der Waals surface area contributed by atoms with Crippen molar-refractivity contribution in [2.75, 3.05) is 32.7 Å². The predicted molar refractivity (Wildman–Crippen MR) is 105 cm³/mol. The highest BCUT2D eigenvalue weighted by Gasteiger charge is 2.14. The normalized spacial score (nSPS) is 17.6. The molecule has 142 valence electrons. The number of hydrogen-bond donors (Lipinski definition) is 2. The first-order valence-electron chi connectivity index (χ1n) is 9.74. The van der Waals surface area contributed by atoms with E-state index in [1.54, 1.807) is 0 Å². The highest BCUT2D eigenvalue weighted by Crippen LogP contribution is 2.13. The van der Waals surface area contributed by atoms with E-state index >= 15 is 0 Å². The summed E-state index contributed by atoms with van der Waals surface area (Å²) in [7, 11) is 1.99. The summed E-state index contributed by atoms with van der Waals surface area (Å²) in [5.74, 6) is 1.51. The Kier molecular flexibility index (Phi) is 7.75. The average Bonchev–Trinajstić information content (AvgIpc) is 2.83. The van der Waals surface area contributed by atoms with Crippen LogP contribution in [0.4, 0.5) is 0 Å². The fourth-order valence-corrected chi connectivity index (χ4v) is 3.46. The van der Waals surface area contributed by atoms with Gasteiger partial charge in [0.05, 0.1) is 12.2 Å². The molecule has 2 heterocycles. The predicted octanol–water partition coefficient (Wildman–Crippen LogP) is 2.21. The number of guanidine groups is 1. The second kappa shape index (κ2) is 9.80. The number of rotatable bonds is 7. The summed E-state index contributed by atoms with van der Waals surface area (Å²) < 4.78 is 1.93. The van der Waals surface area contributed by atoms with Crippen molar-refractivity contribution in [3.05, 3.63) is 17.0 Å². The zero-order valence-electron chi connectivity index (χ0n) is 16.7. The van der Waals surface area contributed by atoms with Crippen molar-refractivity contribution in [1.82, 2.24) is 25.3 Å². The quantitative estimate of drug-likeness (QED) is 0.586. The van der Waals surface area contributed by atoms with Crippen LogP contribution in [0.1, 0.15) is 50.1 Å². The van der Waals surface area contributed by atoms with Gasteiger partial charge in [-0.25, -0.2) is 4.99 Å². The minimum atomic E-state index is 0.615. The number of likely N-dealkylation sites (tertiary alicyclic amines) is 1. The van der Waals surface area contributed by atoms with Gasteiger partial charge in [0.2, 0.25) is 0 Å². The van der Waals surface area contributed by atoms with Crippen LogP contribution < -0.4 is 10.6 Å². The van der Waals surface area contributed by atoms with Crippen LogP contribution in [-0.2, 0) is 13.6 Å². The molecule has 2 rings (SSSR count). The average molecular weight is 349 g/mol. The molecule has 0 aliphatic carbocycles. The minimum Gasteiger partial charge on any atom is -0.357 e. The highest BCUT2D eigenvalue weighted by molar-refractivity contribution is 5.79. The molecule has 6 nitrogen and oxygen atoms in total.